The van der Waals surface area contributed by atoms with Crippen molar-refractivity contribution in [2.75, 3.05) is 19.6 Å². The van der Waals surface area contributed by atoms with Gasteiger partial charge in [-0.3, -0.25) is 4.90 Å². The number of ether oxygens (including phenoxy) is 1. The maximum absolute atomic E-state index is 12.6. The van der Waals surface area contributed by atoms with Crippen molar-refractivity contribution in [1.29, 1.82) is 0 Å². The Kier molecular flexibility index (Phi) is 4.37. The average Bonchev–Trinajstić information content (AvgIpc) is 2.53. The zero-order chi connectivity index (χ0) is 17.3. The van der Waals surface area contributed by atoms with E-state index in [1.165, 1.54) is 0 Å². The number of amides is 1. The molecule has 0 bridgehead atoms. The monoisotopic (exact) mass is 328 g/mol. The summed E-state index contributed by atoms with van der Waals surface area (Å²) >= 11 is 0. The molecule has 5 nitrogen and oxygen atoms in total. The lowest BCUT2D eigenvalue weighted by atomic mass is 9.95. The van der Waals surface area contributed by atoms with Gasteiger partial charge in [0.2, 0.25) is 0 Å². The molecule has 1 aliphatic heterocycles. The Morgan fingerprint density at radius 1 is 1.25 bits per heavy atom. The predicted octanol–water partition coefficient (Wildman–Crippen LogP) is 3.43. The Morgan fingerprint density at radius 3 is 2.75 bits per heavy atom. The maximum Gasteiger partial charge on any atom is 0.410 e. The highest BCUT2D eigenvalue weighted by molar-refractivity contribution is 5.88. The molecule has 1 amide bonds. The number of piperazine rings is 1. The van der Waals surface area contributed by atoms with E-state index in [-0.39, 0.29) is 17.9 Å². The van der Waals surface area contributed by atoms with Crippen molar-refractivity contribution in [3.63, 3.8) is 0 Å². The summed E-state index contributed by atoms with van der Waals surface area (Å²) in [6.45, 7) is 7.41. The van der Waals surface area contributed by atoms with E-state index in [9.17, 15) is 9.90 Å². The highest BCUT2D eigenvalue weighted by Gasteiger charge is 2.33. The lowest BCUT2D eigenvalue weighted by Gasteiger charge is -2.38. The molecule has 2 aromatic rings. The molecule has 3 rings (SSSR count). The first-order valence-electron chi connectivity index (χ1n) is 8.28. The minimum atomic E-state index is -0.548. The third-order valence-electron chi connectivity index (χ3n) is 4.15. The van der Waals surface area contributed by atoms with Crippen molar-refractivity contribution < 1.29 is 14.6 Å². The standard InChI is InChI=1S/C19H24N2O3/c1-19(2,3)24-18(23)21-11-10-20-12-15(21)17-14-7-5-4-6-13(14)8-9-16(17)22/h4-9,15,20,22H,10-12H2,1-3H3. The minimum Gasteiger partial charge on any atom is -0.508 e. The number of rotatable bonds is 1. The van der Waals surface area contributed by atoms with Gasteiger partial charge in [-0.2, -0.15) is 0 Å². The van der Waals surface area contributed by atoms with E-state index in [1.54, 1.807) is 11.0 Å². The largest absolute Gasteiger partial charge is 0.508 e. The second-order valence-electron chi connectivity index (χ2n) is 7.11. The number of benzene rings is 2. The number of fused-ring (bicyclic) bond motifs is 1. The van der Waals surface area contributed by atoms with Gasteiger partial charge in [0.15, 0.2) is 0 Å². The number of nitrogens with one attached hydrogen (secondary N) is 1. The smallest absolute Gasteiger partial charge is 0.410 e. The normalized spacial score (nSPS) is 18.6. The van der Waals surface area contributed by atoms with Gasteiger partial charge in [-0.05, 0) is 37.6 Å². The quantitative estimate of drug-likeness (QED) is 0.842. The summed E-state index contributed by atoms with van der Waals surface area (Å²) in [5.74, 6) is 0.205. The van der Waals surface area contributed by atoms with Gasteiger partial charge in [0, 0.05) is 25.2 Å². The van der Waals surface area contributed by atoms with Gasteiger partial charge in [0.25, 0.3) is 0 Å². The van der Waals surface area contributed by atoms with Crippen LogP contribution in [-0.4, -0.2) is 41.3 Å². The van der Waals surface area contributed by atoms with Crippen LogP contribution in [0.4, 0.5) is 4.79 Å². The predicted molar refractivity (Wildman–Crippen MR) is 94.2 cm³/mol. The highest BCUT2D eigenvalue weighted by Crippen LogP contribution is 2.36. The van der Waals surface area contributed by atoms with E-state index < -0.39 is 5.60 Å². The second kappa shape index (κ2) is 6.32. The third kappa shape index (κ3) is 3.31. The molecule has 0 radical (unpaired) electrons. The van der Waals surface area contributed by atoms with Gasteiger partial charge in [-0.1, -0.05) is 30.3 Å². The Balaban J connectivity index is 2.03. The molecule has 128 valence electrons. The molecule has 1 aliphatic rings. The molecule has 2 aromatic carbocycles. The van der Waals surface area contributed by atoms with E-state index in [1.807, 2.05) is 51.1 Å². The zero-order valence-electron chi connectivity index (χ0n) is 14.4. The maximum atomic E-state index is 12.6. The second-order valence-corrected chi connectivity index (χ2v) is 7.11. The molecular weight excluding hydrogens is 304 g/mol. The van der Waals surface area contributed by atoms with Crippen molar-refractivity contribution >= 4 is 16.9 Å². The van der Waals surface area contributed by atoms with Crippen LogP contribution in [0.25, 0.3) is 10.8 Å². The van der Waals surface area contributed by atoms with E-state index in [4.69, 9.17) is 4.74 Å². The topological polar surface area (TPSA) is 61.8 Å². The van der Waals surface area contributed by atoms with Gasteiger partial charge in [-0.25, -0.2) is 4.79 Å². The zero-order valence-corrected chi connectivity index (χ0v) is 14.4. The van der Waals surface area contributed by atoms with Crippen LogP contribution in [0.5, 0.6) is 5.75 Å². The van der Waals surface area contributed by atoms with E-state index >= 15 is 0 Å². The summed E-state index contributed by atoms with van der Waals surface area (Å²) in [4.78, 5) is 14.4. The molecule has 1 fully saturated rings. The van der Waals surface area contributed by atoms with Crippen LogP contribution < -0.4 is 5.32 Å². The van der Waals surface area contributed by atoms with Crippen LogP contribution in [0, 0.1) is 0 Å². The van der Waals surface area contributed by atoms with Gasteiger partial charge in [0.05, 0.1) is 6.04 Å². The number of aromatic hydroxyl groups is 1. The Bertz CT molecular complexity index is 752. The van der Waals surface area contributed by atoms with E-state index in [0.29, 0.717) is 19.6 Å². The summed E-state index contributed by atoms with van der Waals surface area (Å²) in [5, 5.41) is 15.8. The van der Waals surface area contributed by atoms with Gasteiger partial charge < -0.3 is 15.2 Å². The number of carbonyl (C=O) groups is 1. The number of hydrogen-bond donors (Lipinski definition) is 2. The van der Waals surface area contributed by atoms with Crippen LogP contribution in [0.1, 0.15) is 32.4 Å². The Labute approximate surface area is 142 Å². The van der Waals surface area contributed by atoms with Crippen molar-refractivity contribution in [2.45, 2.75) is 32.4 Å². The molecule has 0 saturated carbocycles. The average molecular weight is 328 g/mol. The highest BCUT2D eigenvalue weighted by atomic mass is 16.6. The summed E-state index contributed by atoms with van der Waals surface area (Å²) in [6, 6.07) is 11.2. The van der Waals surface area contributed by atoms with E-state index in [0.717, 1.165) is 16.3 Å². The molecule has 24 heavy (non-hydrogen) atoms. The molecule has 2 N–H and O–H groups in total. The Morgan fingerprint density at radius 2 is 2.00 bits per heavy atom. The molecule has 1 unspecified atom stereocenters. The molecule has 1 saturated heterocycles. The number of carbonyl (C=O) groups excluding carboxylic acids is 1. The summed E-state index contributed by atoms with van der Waals surface area (Å²) < 4.78 is 5.56. The van der Waals surface area contributed by atoms with E-state index in [2.05, 4.69) is 5.32 Å². The Hall–Kier alpha value is -2.27. The fraction of sp³-hybridized carbons (Fsp3) is 0.421. The van der Waals surface area contributed by atoms with Gasteiger partial charge in [-0.15, -0.1) is 0 Å². The first-order chi connectivity index (χ1) is 11.4. The lowest BCUT2D eigenvalue weighted by molar-refractivity contribution is 0.0118. The van der Waals surface area contributed by atoms with Crippen LogP contribution in [0.3, 0.4) is 0 Å². The third-order valence-corrected chi connectivity index (χ3v) is 4.15. The lowest BCUT2D eigenvalue weighted by Crippen LogP contribution is -2.50. The van der Waals surface area contributed by atoms with Crippen molar-refractivity contribution in [2.24, 2.45) is 0 Å². The van der Waals surface area contributed by atoms with Crippen LogP contribution in [0.2, 0.25) is 0 Å². The molecule has 1 heterocycles. The van der Waals surface area contributed by atoms with Crippen molar-refractivity contribution in [3.8, 4) is 5.75 Å². The SMILES string of the molecule is CC(C)(C)OC(=O)N1CCNCC1c1c(O)ccc2ccccc12. The van der Waals surface area contributed by atoms with Crippen LogP contribution in [0.15, 0.2) is 36.4 Å². The first-order valence-corrected chi connectivity index (χ1v) is 8.28. The number of phenolic OH excluding ortho intramolecular Hbond substituents is 1. The van der Waals surface area contributed by atoms with Gasteiger partial charge in [0.1, 0.15) is 11.4 Å². The van der Waals surface area contributed by atoms with Crippen molar-refractivity contribution in [3.05, 3.63) is 42.0 Å². The number of phenols is 1. The fourth-order valence-electron chi connectivity index (χ4n) is 3.14. The summed E-state index contributed by atoms with van der Waals surface area (Å²) in [7, 11) is 0. The van der Waals surface area contributed by atoms with Crippen LogP contribution in [-0.2, 0) is 4.74 Å². The van der Waals surface area contributed by atoms with Gasteiger partial charge >= 0.3 is 6.09 Å². The number of nitrogens with zero attached hydrogens (tertiary/aromatic N) is 1. The molecule has 5 heteroatoms. The molecular formula is C19H24N2O3. The number of hydrogen-bond acceptors (Lipinski definition) is 4. The fourth-order valence-corrected chi connectivity index (χ4v) is 3.14. The summed E-state index contributed by atoms with van der Waals surface area (Å²) in [6.07, 6.45) is -0.346. The molecule has 0 aliphatic carbocycles. The first kappa shape index (κ1) is 16.6. The van der Waals surface area contributed by atoms with Crippen LogP contribution >= 0.6 is 0 Å². The molecule has 0 spiro atoms. The van der Waals surface area contributed by atoms with Crippen molar-refractivity contribution in [1.82, 2.24) is 10.2 Å². The minimum absolute atomic E-state index is 0.205. The summed E-state index contributed by atoms with van der Waals surface area (Å²) in [5.41, 5.74) is 0.221. The molecule has 1 atom stereocenters. The molecule has 0 aromatic heterocycles.